The van der Waals surface area contributed by atoms with Gasteiger partial charge in [-0.3, -0.25) is 4.79 Å². The van der Waals surface area contributed by atoms with Gasteiger partial charge < -0.3 is 28.8 Å². The van der Waals surface area contributed by atoms with Crippen LogP contribution >= 0.6 is 0 Å². The molecule has 4 saturated heterocycles. The number of aliphatic hydroxyl groups excluding tert-OH is 1. The van der Waals surface area contributed by atoms with E-state index < -0.39 is 34.6 Å². The van der Waals surface area contributed by atoms with Crippen LogP contribution in [0.3, 0.4) is 0 Å². The van der Waals surface area contributed by atoms with Crippen molar-refractivity contribution < 1.29 is 33.6 Å². The summed E-state index contributed by atoms with van der Waals surface area (Å²) in [4.78, 5) is 14.4. The van der Waals surface area contributed by atoms with Crippen molar-refractivity contribution >= 4 is 5.78 Å². The van der Waals surface area contributed by atoms with E-state index in [1.54, 1.807) is 0 Å². The van der Waals surface area contributed by atoms with Gasteiger partial charge in [-0.1, -0.05) is 20.4 Å². The summed E-state index contributed by atoms with van der Waals surface area (Å²) in [6.45, 7) is 13.6. The molecule has 0 aromatic heterocycles. The summed E-state index contributed by atoms with van der Waals surface area (Å²) in [5.74, 6) is -1.58. The fraction of sp³-hybridized carbons (Fsp3) is 0.828. The van der Waals surface area contributed by atoms with Gasteiger partial charge in [-0.05, 0) is 74.9 Å². The van der Waals surface area contributed by atoms with Gasteiger partial charge in [-0.25, -0.2) is 0 Å². The van der Waals surface area contributed by atoms with E-state index in [4.69, 9.17) is 23.7 Å². The second-order valence-electron chi connectivity index (χ2n) is 14.0. The van der Waals surface area contributed by atoms with Gasteiger partial charge in [0.1, 0.15) is 17.3 Å². The van der Waals surface area contributed by atoms with Crippen LogP contribution in [0.2, 0.25) is 0 Å². The first kappa shape index (κ1) is 22.7. The third-order valence-electron chi connectivity index (χ3n) is 11.4. The molecule has 0 aromatic carbocycles. The summed E-state index contributed by atoms with van der Waals surface area (Å²) in [6.07, 6.45) is 3.95. The van der Waals surface area contributed by atoms with Gasteiger partial charge in [0.15, 0.2) is 11.6 Å². The van der Waals surface area contributed by atoms with Crippen LogP contribution in [0.25, 0.3) is 0 Å². The van der Waals surface area contributed by atoms with Gasteiger partial charge in [-0.2, -0.15) is 0 Å². The first-order chi connectivity index (χ1) is 17.0. The zero-order valence-electron chi connectivity index (χ0n) is 21.8. The highest BCUT2D eigenvalue weighted by atomic mass is 16.8. The van der Waals surface area contributed by atoms with Crippen LogP contribution in [-0.2, 0) is 28.5 Å². The molecule has 0 unspecified atom stereocenters. The van der Waals surface area contributed by atoms with Crippen LogP contribution in [0.5, 0.6) is 0 Å². The maximum atomic E-state index is 14.4. The summed E-state index contributed by atoms with van der Waals surface area (Å²) in [5.41, 5.74) is -0.0639. The van der Waals surface area contributed by atoms with Gasteiger partial charge in [0, 0.05) is 17.8 Å². The van der Waals surface area contributed by atoms with Crippen LogP contribution in [0, 0.1) is 39.9 Å². The maximum Gasteiger partial charge on any atom is 0.213 e. The van der Waals surface area contributed by atoms with Gasteiger partial charge >= 0.3 is 0 Å². The second-order valence-corrected chi connectivity index (χ2v) is 14.0. The molecule has 0 amide bonds. The number of ketones is 1. The molecule has 3 spiro atoms. The lowest BCUT2D eigenvalue weighted by atomic mass is 9.36. The minimum Gasteiger partial charge on any atom is -0.468 e. The van der Waals surface area contributed by atoms with E-state index in [9.17, 15) is 9.90 Å². The van der Waals surface area contributed by atoms with Crippen LogP contribution in [0.1, 0.15) is 66.2 Å². The van der Waals surface area contributed by atoms with Crippen molar-refractivity contribution in [1.29, 1.82) is 0 Å². The molecule has 4 aliphatic carbocycles. The van der Waals surface area contributed by atoms with Crippen LogP contribution in [0.4, 0.5) is 0 Å². The highest BCUT2D eigenvalue weighted by Crippen LogP contribution is 2.80. The molecule has 196 valence electrons. The van der Waals surface area contributed by atoms with E-state index in [1.807, 2.05) is 13.8 Å². The number of carbonyl (C=O) groups is 1. The molecule has 10 atom stereocenters. The smallest absolute Gasteiger partial charge is 0.213 e. The van der Waals surface area contributed by atoms with Crippen LogP contribution < -0.4 is 0 Å². The molecule has 5 aliphatic heterocycles. The summed E-state index contributed by atoms with van der Waals surface area (Å²) in [7, 11) is 0. The molecule has 7 fully saturated rings. The van der Waals surface area contributed by atoms with Crippen molar-refractivity contribution in [2.24, 2.45) is 39.9 Å². The molecular weight excluding hydrogens is 460 g/mol. The molecule has 3 saturated carbocycles. The van der Waals surface area contributed by atoms with Crippen molar-refractivity contribution in [3.63, 3.8) is 0 Å². The SMILES string of the molecule is C=C1C(=O)[C@@]23[C@@H]4OC(C)(C)O[C@@]25OC[C@]2(C6=C(C[C@H]7CCCO[C@H]7O6)CC(C)(C)[C@H]2[C@@H]5O)[C@@H]3CC[C@@H]14. The van der Waals surface area contributed by atoms with Gasteiger partial charge in [0.05, 0.1) is 24.7 Å². The number of ether oxygens (including phenoxy) is 5. The quantitative estimate of drug-likeness (QED) is 0.508. The van der Waals surface area contributed by atoms with Crippen molar-refractivity contribution in [2.75, 3.05) is 13.2 Å². The Morgan fingerprint density at radius 3 is 2.72 bits per heavy atom. The summed E-state index contributed by atoms with van der Waals surface area (Å²) in [5, 5.41) is 12.4. The van der Waals surface area contributed by atoms with E-state index in [1.165, 1.54) is 5.57 Å². The number of carbonyl (C=O) groups excluding carboxylic acids is 1. The molecule has 0 radical (unpaired) electrons. The first-order valence-electron chi connectivity index (χ1n) is 13.9. The third-order valence-corrected chi connectivity index (χ3v) is 11.4. The number of Topliss-reactive ketones (excluding diaryl/α,β-unsaturated/α-hetero) is 1. The molecule has 1 N–H and O–H groups in total. The zero-order chi connectivity index (χ0) is 25.0. The zero-order valence-corrected chi connectivity index (χ0v) is 21.8. The number of hydrogen-bond donors (Lipinski definition) is 1. The Hall–Kier alpha value is -1.25. The maximum absolute atomic E-state index is 14.4. The minimum absolute atomic E-state index is 0.0415. The van der Waals surface area contributed by atoms with Crippen LogP contribution in [0.15, 0.2) is 23.5 Å². The first-order valence-corrected chi connectivity index (χ1v) is 13.9. The lowest BCUT2D eigenvalue weighted by Crippen LogP contribution is -2.87. The summed E-state index contributed by atoms with van der Waals surface area (Å²) in [6, 6.07) is 0. The molecule has 7 heteroatoms. The lowest BCUT2D eigenvalue weighted by Gasteiger charge is -2.77. The van der Waals surface area contributed by atoms with Gasteiger partial charge in [0.25, 0.3) is 0 Å². The fourth-order valence-corrected chi connectivity index (χ4v) is 10.7. The van der Waals surface area contributed by atoms with Gasteiger partial charge in [0.2, 0.25) is 12.1 Å². The van der Waals surface area contributed by atoms with E-state index >= 15 is 0 Å². The third kappa shape index (κ3) is 2.19. The summed E-state index contributed by atoms with van der Waals surface area (Å²) >= 11 is 0. The number of allylic oxidation sites excluding steroid dienone is 1. The van der Waals surface area contributed by atoms with Crippen molar-refractivity contribution in [2.45, 2.75) is 96.3 Å². The molecule has 36 heavy (non-hydrogen) atoms. The Morgan fingerprint density at radius 1 is 1.11 bits per heavy atom. The van der Waals surface area contributed by atoms with Crippen molar-refractivity contribution in [3.8, 4) is 0 Å². The summed E-state index contributed by atoms with van der Waals surface area (Å²) < 4.78 is 33.0. The Kier molecular flexibility index (Phi) is 4.09. The predicted octanol–water partition coefficient (Wildman–Crippen LogP) is 3.85. The van der Waals surface area contributed by atoms with Crippen molar-refractivity contribution in [3.05, 3.63) is 23.5 Å². The van der Waals surface area contributed by atoms with Crippen molar-refractivity contribution in [1.82, 2.24) is 0 Å². The Balaban J connectivity index is 1.40. The largest absolute Gasteiger partial charge is 0.468 e. The Bertz CT molecular complexity index is 1120. The molecule has 4 bridgehead atoms. The Labute approximate surface area is 212 Å². The normalized spacial score (nSPS) is 55.3. The standard InChI is InChI=1S/C29H38O7/c1-14-17-8-9-18-27-13-33-29(28(18,20(14)30)23(17)35-26(4,5)36-29)21(31)19(27)25(2,3)12-16-11-15-7-6-10-32-24(15)34-22(16)27/h15,17-19,21,23-24,31H,1,6-13H2,2-5H3/t15-,17+,18+,19-,21+,23-,24+,27+,28+,29-/m1/s1. The topological polar surface area (TPSA) is 83.5 Å². The monoisotopic (exact) mass is 498 g/mol. The van der Waals surface area contributed by atoms with E-state index in [-0.39, 0.29) is 35.2 Å². The van der Waals surface area contributed by atoms with E-state index in [0.717, 1.165) is 44.3 Å². The van der Waals surface area contributed by atoms with Gasteiger partial charge in [-0.15, -0.1) is 0 Å². The number of fused-ring (bicyclic) bond motifs is 2. The molecule has 7 nitrogen and oxygen atoms in total. The average molecular weight is 499 g/mol. The fourth-order valence-electron chi connectivity index (χ4n) is 10.7. The highest BCUT2D eigenvalue weighted by molar-refractivity contribution is 6.05. The van der Waals surface area contributed by atoms with E-state index in [2.05, 4.69) is 20.4 Å². The van der Waals surface area contributed by atoms with Crippen LogP contribution in [-0.4, -0.2) is 54.2 Å². The molecule has 9 aliphatic rings. The molecule has 0 aromatic rings. The highest BCUT2D eigenvalue weighted by Gasteiger charge is 2.90. The molecule has 9 rings (SSSR count). The lowest BCUT2D eigenvalue weighted by molar-refractivity contribution is -0.527. The average Bonchev–Trinajstić information content (AvgIpc) is 2.93. The second kappa shape index (κ2) is 6.48. The Morgan fingerprint density at radius 2 is 1.92 bits per heavy atom. The number of hydrogen-bond acceptors (Lipinski definition) is 7. The predicted molar refractivity (Wildman–Crippen MR) is 127 cm³/mol. The minimum atomic E-state index is -1.46. The van der Waals surface area contributed by atoms with E-state index in [0.29, 0.717) is 24.7 Å². The number of aliphatic hydroxyl groups is 1. The molecular formula is C29H38O7. The molecule has 5 heterocycles. The number of rotatable bonds is 0.